The summed E-state index contributed by atoms with van der Waals surface area (Å²) >= 11 is 0. The number of quaternary nitrogens is 2. The number of nitrogens with zero attached hydrogens (tertiary/aromatic N) is 2. The lowest BCUT2D eigenvalue weighted by Gasteiger charge is -2.32. The van der Waals surface area contributed by atoms with Crippen LogP contribution in [0.4, 0.5) is 0 Å². The summed E-state index contributed by atoms with van der Waals surface area (Å²) in [5, 5.41) is 8.59. The van der Waals surface area contributed by atoms with Gasteiger partial charge >= 0.3 is 0 Å². The van der Waals surface area contributed by atoms with Crippen molar-refractivity contribution in [3.8, 4) is 17.2 Å². The number of ether oxygens (including phenoxy) is 1. The lowest BCUT2D eigenvalue weighted by Crippen LogP contribution is -3.27. The molecule has 3 aromatic rings. The SMILES string of the molecule is COc1ccc(-c2nnc([C@H](C)[NH+]3CC[NH+](Cc4cccc(C)c4)CC3)o2)cc1. The molecule has 0 radical (unpaired) electrons. The zero-order valence-electron chi connectivity index (χ0n) is 17.4. The second-order valence-electron chi connectivity index (χ2n) is 7.97. The maximum absolute atomic E-state index is 6.00. The van der Waals surface area contributed by atoms with E-state index in [1.165, 1.54) is 16.0 Å². The van der Waals surface area contributed by atoms with Gasteiger partial charge in [-0.2, -0.15) is 0 Å². The molecule has 6 heteroatoms. The Balaban J connectivity index is 1.34. The fourth-order valence-corrected chi connectivity index (χ4v) is 4.08. The Morgan fingerprint density at radius 2 is 1.79 bits per heavy atom. The Morgan fingerprint density at radius 3 is 2.48 bits per heavy atom. The lowest BCUT2D eigenvalue weighted by molar-refractivity contribution is -1.03. The van der Waals surface area contributed by atoms with E-state index in [0.29, 0.717) is 11.8 Å². The van der Waals surface area contributed by atoms with Crippen molar-refractivity contribution in [3.05, 3.63) is 65.5 Å². The number of rotatable bonds is 6. The van der Waals surface area contributed by atoms with E-state index in [0.717, 1.165) is 44.0 Å². The van der Waals surface area contributed by atoms with E-state index >= 15 is 0 Å². The van der Waals surface area contributed by atoms with E-state index in [2.05, 4.69) is 48.3 Å². The van der Waals surface area contributed by atoms with E-state index in [9.17, 15) is 0 Å². The molecule has 2 aromatic carbocycles. The summed E-state index contributed by atoms with van der Waals surface area (Å²) in [6.07, 6.45) is 0. The van der Waals surface area contributed by atoms with E-state index in [1.54, 1.807) is 12.0 Å². The molecule has 4 rings (SSSR count). The van der Waals surface area contributed by atoms with E-state index in [-0.39, 0.29) is 6.04 Å². The standard InChI is InChI=1S/C23H28N4O2/c1-17-5-4-6-19(15-17)16-26-11-13-27(14-12-26)18(2)22-24-25-23(29-22)20-7-9-21(28-3)10-8-20/h4-10,15,18H,11-14,16H2,1-3H3/p+2/t18-/m0/s1. The maximum Gasteiger partial charge on any atom is 0.274 e. The molecule has 0 saturated carbocycles. The molecule has 1 fully saturated rings. The van der Waals surface area contributed by atoms with Gasteiger partial charge < -0.3 is 19.0 Å². The Kier molecular flexibility index (Phi) is 5.92. The molecular formula is C23H30N4O2+2. The van der Waals surface area contributed by atoms with Crippen molar-refractivity contribution in [2.45, 2.75) is 26.4 Å². The first-order chi connectivity index (χ1) is 14.1. The first-order valence-corrected chi connectivity index (χ1v) is 10.3. The summed E-state index contributed by atoms with van der Waals surface area (Å²) in [4.78, 5) is 3.17. The maximum atomic E-state index is 6.00. The van der Waals surface area contributed by atoms with Crippen molar-refractivity contribution in [3.63, 3.8) is 0 Å². The van der Waals surface area contributed by atoms with Crippen LogP contribution >= 0.6 is 0 Å². The fourth-order valence-electron chi connectivity index (χ4n) is 4.08. The number of hydrogen-bond acceptors (Lipinski definition) is 4. The zero-order chi connectivity index (χ0) is 20.2. The fraction of sp³-hybridized carbons (Fsp3) is 0.391. The predicted molar refractivity (Wildman–Crippen MR) is 111 cm³/mol. The molecular weight excluding hydrogens is 364 g/mol. The van der Waals surface area contributed by atoms with Crippen molar-refractivity contribution in [1.29, 1.82) is 0 Å². The third-order valence-electron chi connectivity index (χ3n) is 5.90. The molecule has 1 aromatic heterocycles. The first kappa shape index (κ1) is 19.6. The highest BCUT2D eigenvalue weighted by Gasteiger charge is 2.31. The molecule has 1 saturated heterocycles. The quantitative estimate of drug-likeness (QED) is 0.657. The third kappa shape index (κ3) is 4.66. The van der Waals surface area contributed by atoms with Crippen LogP contribution in [0.3, 0.4) is 0 Å². The van der Waals surface area contributed by atoms with Crippen molar-refractivity contribution in [2.75, 3.05) is 33.3 Å². The van der Waals surface area contributed by atoms with Crippen LogP contribution in [0.25, 0.3) is 11.5 Å². The van der Waals surface area contributed by atoms with Crippen LogP contribution in [0.5, 0.6) is 5.75 Å². The summed E-state index contributed by atoms with van der Waals surface area (Å²) in [5.41, 5.74) is 3.68. The van der Waals surface area contributed by atoms with Crippen LogP contribution in [0.15, 0.2) is 52.9 Å². The first-order valence-electron chi connectivity index (χ1n) is 10.3. The molecule has 0 spiro atoms. The number of aromatic nitrogens is 2. The summed E-state index contributed by atoms with van der Waals surface area (Å²) in [7, 11) is 1.66. The van der Waals surface area contributed by atoms with Gasteiger partial charge in [0.1, 0.15) is 38.5 Å². The summed E-state index contributed by atoms with van der Waals surface area (Å²) in [5.74, 6) is 2.10. The van der Waals surface area contributed by atoms with Crippen LogP contribution in [0.1, 0.15) is 30.0 Å². The van der Waals surface area contributed by atoms with Crippen LogP contribution in [-0.2, 0) is 6.54 Å². The van der Waals surface area contributed by atoms with Crippen LogP contribution < -0.4 is 14.5 Å². The van der Waals surface area contributed by atoms with Gasteiger partial charge in [0.25, 0.3) is 5.89 Å². The van der Waals surface area contributed by atoms with Crippen LogP contribution in [-0.4, -0.2) is 43.5 Å². The second-order valence-corrected chi connectivity index (χ2v) is 7.97. The summed E-state index contributed by atoms with van der Waals surface area (Å²) in [6.45, 7) is 10.00. The molecule has 2 heterocycles. The smallest absolute Gasteiger partial charge is 0.274 e. The largest absolute Gasteiger partial charge is 0.497 e. The Labute approximate surface area is 172 Å². The molecule has 0 unspecified atom stereocenters. The molecule has 0 bridgehead atoms. The molecule has 1 atom stereocenters. The highest BCUT2D eigenvalue weighted by molar-refractivity contribution is 5.53. The van der Waals surface area contributed by atoms with Crippen molar-refractivity contribution in [1.82, 2.24) is 10.2 Å². The number of methoxy groups -OCH3 is 1. The minimum Gasteiger partial charge on any atom is -0.497 e. The van der Waals surface area contributed by atoms with Gasteiger partial charge in [0, 0.05) is 11.1 Å². The molecule has 2 N–H and O–H groups in total. The minimum atomic E-state index is 0.204. The highest BCUT2D eigenvalue weighted by Crippen LogP contribution is 2.22. The predicted octanol–water partition coefficient (Wildman–Crippen LogP) is 1.10. The highest BCUT2D eigenvalue weighted by atomic mass is 16.5. The van der Waals surface area contributed by atoms with Crippen LogP contribution in [0.2, 0.25) is 0 Å². The summed E-state index contributed by atoms with van der Waals surface area (Å²) < 4.78 is 11.2. The Hall–Kier alpha value is -2.70. The second kappa shape index (κ2) is 8.76. The normalized spacial score (nSPS) is 20.4. The lowest BCUT2D eigenvalue weighted by atomic mass is 10.1. The zero-order valence-corrected chi connectivity index (χ0v) is 17.4. The van der Waals surface area contributed by atoms with Gasteiger partial charge in [0.15, 0.2) is 6.04 Å². The van der Waals surface area contributed by atoms with Crippen LogP contribution in [0, 0.1) is 6.92 Å². The number of aryl methyl sites for hydroxylation is 1. The van der Waals surface area contributed by atoms with Gasteiger partial charge in [-0.15, -0.1) is 10.2 Å². The van der Waals surface area contributed by atoms with Gasteiger partial charge in [-0.3, -0.25) is 0 Å². The van der Waals surface area contributed by atoms with Gasteiger partial charge in [0.2, 0.25) is 5.89 Å². The van der Waals surface area contributed by atoms with E-state index in [1.807, 2.05) is 24.3 Å². The third-order valence-corrected chi connectivity index (χ3v) is 5.90. The van der Waals surface area contributed by atoms with Crippen molar-refractivity contribution < 1.29 is 19.0 Å². The molecule has 1 aliphatic heterocycles. The van der Waals surface area contributed by atoms with Gasteiger partial charge in [-0.05, 0) is 38.1 Å². The number of nitrogens with one attached hydrogen (secondary N) is 2. The molecule has 29 heavy (non-hydrogen) atoms. The minimum absolute atomic E-state index is 0.204. The van der Waals surface area contributed by atoms with E-state index in [4.69, 9.17) is 9.15 Å². The molecule has 6 nitrogen and oxygen atoms in total. The summed E-state index contributed by atoms with van der Waals surface area (Å²) in [6, 6.07) is 16.8. The Bertz CT molecular complexity index is 930. The number of benzene rings is 2. The average Bonchev–Trinajstić information content (AvgIpc) is 3.24. The van der Waals surface area contributed by atoms with Crippen molar-refractivity contribution in [2.24, 2.45) is 0 Å². The van der Waals surface area contributed by atoms with Gasteiger partial charge in [0.05, 0.1) is 7.11 Å². The number of hydrogen-bond donors (Lipinski definition) is 2. The van der Waals surface area contributed by atoms with Gasteiger partial charge in [-0.25, -0.2) is 0 Å². The Morgan fingerprint density at radius 1 is 1.03 bits per heavy atom. The average molecular weight is 395 g/mol. The molecule has 0 aliphatic carbocycles. The van der Waals surface area contributed by atoms with Gasteiger partial charge in [-0.1, -0.05) is 29.8 Å². The molecule has 152 valence electrons. The van der Waals surface area contributed by atoms with Crippen molar-refractivity contribution >= 4 is 0 Å². The molecule has 1 aliphatic rings. The number of piperazine rings is 1. The monoisotopic (exact) mass is 394 g/mol. The van der Waals surface area contributed by atoms with E-state index < -0.39 is 0 Å². The topological polar surface area (TPSA) is 57.0 Å². The molecule has 0 amide bonds.